The number of rotatable bonds is 9. The maximum absolute atomic E-state index is 11.4. The summed E-state index contributed by atoms with van der Waals surface area (Å²) < 4.78 is 2.20. The van der Waals surface area contributed by atoms with E-state index in [1.165, 1.54) is 16.7 Å². The molecule has 0 aliphatic rings. The molecule has 0 saturated carbocycles. The van der Waals surface area contributed by atoms with Crippen molar-refractivity contribution in [2.75, 3.05) is 0 Å². The molecule has 10 aromatic rings. The largest absolute Gasteiger partial charge is 0.507 e. The molecule has 64 heavy (non-hydrogen) atoms. The van der Waals surface area contributed by atoms with Crippen molar-refractivity contribution in [3.8, 4) is 78.6 Å². The van der Waals surface area contributed by atoms with Gasteiger partial charge >= 0.3 is 0 Å². The SMILES string of the molecule is CC(C)(C)c1cc(-c2cc(-c3ccc(Cc4ccccc4)cc3)ccn2)[c-]c(-c2cccc3c2nc(-c2ccccc2O)n3-c2ccc(-c3ccccc3)cc2-c2ccccc2)c1.[Pt]. The van der Waals surface area contributed by atoms with E-state index in [9.17, 15) is 5.11 Å². The van der Waals surface area contributed by atoms with Gasteiger partial charge in [0.2, 0.25) is 0 Å². The molecule has 0 radical (unpaired) electrons. The van der Waals surface area contributed by atoms with Crippen molar-refractivity contribution in [1.29, 1.82) is 0 Å². The molecular formula is C59H46N3OPt-. The number of hydrogen-bond donors (Lipinski definition) is 1. The molecule has 8 aromatic carbocycles. The first kappa shape index (κ1) is 42.2. The second-order valence-corrected chi connectivity index (χ2v) is 17.2. The number of fused-ring (bicyclic) bond motifs is 1. The van der Waals surface area contributed by atoms with E-state index in [-0.39, 0.29) is 32.2 Å². The van der Waals surface area contributed by atoms with Crippen molar-refractivity contribution < 1.29 is 26.2 Å². The van der Waals surface area contributed by atoms with Gasteiger partial charge in [0.15, 0.2) is 0 Å². The molecule has 4 nitrogen and oxygen atoms in total. The van der Waals surface area contributed by atoms with Gasteiger partial charge in [-0.05, 0) is 87.2 Å². The summed E-state index contributed by atoms with van der Waals surface area (Å²) in [5.41, 5.74) is 17.2. The average Bonchev–Trinajstić information content (AvgIpc) is 3.72. The molecule has 2 aromatic heterocycles. The minimum atomic E-state index is -0.163. The molecule has 0 spiro atoms. The first-order valence-corrected chi connectivity index (χ1v) is 21.5. The number of benzene rings is 8. The van der Waals surface area contributed by atoms with E-state index in [1.807, 2.05) is 36.5 Å². The van der Waals surface area contributed by atoms with Crippen LogP contribution in [0.1, 0.15) is 37.5 Å². The molecule has 2 heterocycles. The second-order valence-electron chi connectivity index (χ2n) is 17.2. The first-order valence-electron chi connectivity index (χ1n) is 21.5. The maximum Gasteiger partial charge on any atom is 0.148 e. The molecule has 314 valence electrons. The third kappa shape index (κ3) is 8.50. The molecule has 0 unspecified atom stereocenters. The van der Waals surface area contributed by atoms with Crippen molar-refractivity contribution in [3.63, 3.8) is 0 Å². The summed E-state index contributed by atoms with van der Waals surface area (Å²) >= 11 is 0. The van der Waals surface area contributed by atoms with Crippen LogP contribution < -0.4 is 0 Å². The number of para-hydroxylation sites is 2. The number of aromatic hydroxyl groups is 1. The number of phenolic OH excluding ortho intramolecular Hbond substituents is 1. The fraction of sp³-hybridized carbons (Fsp3) is 0.0847. The minimum Gasteiger partial charge on any atom is -0.507 e. The third-order valence-electron chi connectivity index (χ3n) is 11.9. The summed E-state index contributed by atoms with van der Waals surface area (Å²) in [6.45, 7) is 6.73. The van der Waals surface area contributed by atoms with Gasteiger partial charge in [0, 0.05) is 38.5 Å². The van der Waals surface area contributed by atoms with Crippen LogP contribution in [0.4, 0.5) is 0 Å². The Hall–Kier alpha value is -7.13. The van der Waals surface area contributed by atoms with E-state index in [4.69, 9.17) is 9.97 Å². The summed E-state index contributed by atoms with van der Waals surface area (Å²) in [6, 6.07) is 73.4. The fourth-order valence-electron chi connectivity index (χ4n) is 8.48. The normalized spacial score (nSPS) is 11.4. The van der Waals surface area contributed by atoms with E-state index in [0.717, 1.165) is 78.9 Å². The van der Waals surface area contributed by atoms with Gasteiger partial charge in [0.1, 0.15) is 11.6 Å². The molecular weight excluding hydrogens is 962 g/mol. The molecule has 0 aliphatic heterocycles. The predicted octanol–water partition coefficient (Wildman–Crippen LogP) is 14.8. The number of nitrogens with zero attached hydrogens (tertiary/aromatic N) is 3. The van der Waals surface area contributed by atoms with E-state index in [0.29, 0.717) is 11.4 Å². The van der Waals surface area contributed by atoms with E-state index in [1.54, 1.807) is 6.07 Å². The first-order chi connectivity index (χ1) is 30.8. The Labute approximate surface area is 389 Å². The monoisotopic (exact) mass is 1010 g/mol. The van der Waals surface area contributed by atoms with Gasteiger partial charge < -0.3 is 5.11 Å². The number of pyridine rings is 1. The van der Waals surface area contributed by atoms with Gasteiger partial charge in [0.05, 0.1) is 22.3 Å². The Bertz CT molecular complexity index is 3230. The van der Waals surface area contributed by atoms with Gasteiger partial charge in [-0.1, -0.05) is 184 Å². The van der Waals surface area contributed by atoms with Crippen LogP contribution in [-0.2, 0) is 32.9 Å². The quantitative estimate of drug-likeness (QED) is 0.147. The summed E-state index contributed by atoms with van der Waals surface area (Å²) in [7, 11) is 0. The van der Waals surface area contributed by atoms with Crippen molar-refractivity contribution in [2.24, 2.45) is 0 Å². The zero-order valence-corrected chi connectivity index (χ0v) is 38.2. The van der Waals surface area contributed by atoms with Crippen LogP contribution in [0.3, 0.4) is 0 Å². The Balaban J connectivity index is 0.00000518. The van der Waals surface area contributed by atoms with Crippen LogP contribution in [0.2, 0.25) is 0 Å². The fourth-order valence-corrected chi connectivity index (χ4v) is 8.48. The Morgan fingerprint density at radius 1 is 0.516 bits per heavy atom. The van der Waals surface area contributed by atoms with Crippen molar-refractivity contribution in [3.05, 3.63) is 229 Å². The Morgan fingerprint density at radius 2 is 1.11 bits per heavy atom. The molecule has 10 rings (SSSR count). The second kappa shape index (κ2) is 17.9. The number of imidazole rings is 1. The average molecular weight is 1010 g/mol. The van der Waals surface area contributed by atoms with Crippen LogP contribution in [0, 0.1) is 6.07 Å². The Kier molecular flexibility index (Phi) is 11.8. The maximum atomic E-state index is 11.4. The summed E-state index contributed by atoms with van der Waals surface area (Å²) in [4.78, 5) is 10.4. The molecule has 0 amide bonds. The molecule has 1 N–H and O–H groups in total. The smallest absolute Gasteiger partial charge is 0.148 e. The number of hydrogen-bond acceptors (Lipinski definition) is 3. The van der Waals surface area contributed by atoms with Crippen molar-refractivity contribution in [2.45, 2.75) is 32.6 Å². The van der Waals surface area contributed by atoms with Crippen molar-refractivity contribution in [1.82, 2.24) is 14.5 Å². The van der Waals surface area contributed by atoms with Gasteiger partial charge in [-0.3, -0.25) is 9.55 Å². The van der Waals surface area contributed by atoms with Crippen LogP contribution in [0.15, 0.2) is 206 Å². The summed E-state index contributed by atoms with van der Waals surface area (Å²) in [6.07, 6.45) is 2.79. The molecule has 5 heteroatoms. The standard InChI is InChI=1S/C59H46N3O.Pt/c1-59(2,3)49-36-47(35-48(37-49)53-39-46(32-33-60-53)43-28-26-41(27-29-43)34-40-16-7-4-8-17-40)50-23-15-24-55-57(50)61-58(51-22-13-14-25-56(51)63)62(55)54-31-30-45(42-18-9-5-10-19-42)38-52(54)44-20-11-6-12-21-44;/h4-33,36-39,63H,34H2,1-3H3;/q-1;. The van der Waals surface area contributed by atoms with Crippen LogP contribution >= 0.6 is 0 Å². The summed E-state index contributed by atoms with van der Waals surface area (Å²) in [5, 5.41) is 11.4. The van der Waals surface area contributed by atoms with E-state index < -0.39 is 0 Å². The molecule has 0 fully saturated rings. The van der Waals surface area contributed by atoms with Crippen molar-refractivity contribution >= 4 is 11.0 Å². The van der Waals surface area contributed by atoms with Crippen LogP contribution in [-0.4, -0.2) is 19.6 Å². The molecule has 0 aliphatic carbocycles. The number of phenols is 1. The van der Waals surface area contributed by atoms with E-state index >= 15 is 0 Å². The molecule has 0 bridgehead atoms. The van der Waals surface area contributed by atoms with Crippen LogP contribution in [0.5, 0.6) is 5.75 Å². The van der Waals surface area contributed by atoms with Gasteiger partial charge in [-0.2, -0.15) is 0 Å². The third-order valence-corrected chi connectivity index (χ3v) is 11.9. The van der Waals surface area contributed by atoms with Crippen LogP contribution in [0.25, 0.3) is 83.9 Å². The van der Waals surface area contributed by atoms with E-state index in [2.05, 4.69) is 195 Å². The molecule has 0 saturated heterocycles. The molecule has 0 atom stereocenters. The Morgan fingerprint density at radius 3 is 1.83 bits per heavy atom. The zero-order valence-electron chi connectivity index (χ0n) is 35.9. The van der Waals surface area contributed by atoms with Gasteiger partial charge in [-0.15, -0.1) is 29.3 Å². The minimum absolute atomic E-state index is 0. The number of aromatic nitrogens is 3. The predicted molar refractivity (Wildman–Crippen MR) is 260 cm³/mol. The van der Waals surface area contributed by atoms with Gasteiger partial charge in [0.25, 0.3) is 0 Å². The summed E-state index contributed by atoms with van der Waals surface area (Å²) in [5.74, 6) is 0.815. The zero-order chi connectivity index (χ0) is 42.9. The topological polar surface area (TPSA) is 50.9 Å². The van der Waals surface area contributed by atoms with Gasteiger partial charge in [-0.25, -0.2) is 4.98 Å².